The predicted octanol–water partition coefficient (Wildman–Crippen LogP) is -0.422. The SMILES string of the molecule is NC(=O)C(Cc1ccc(F)cc1)C(=O)NCCO. The van der Waals surface area contributed by atoms with Crippen molar-refractivity contribution in [2.45, 2.75) is 6.42 Å². The van der Waals surface area contributed by atoms with Gasteiger partial charge in [-0.2, -0.15) is 0 Å². The molecule has 6 heteroatoms. The van der Waals surface area contributed by atoms with E-state index in [2.05, 4.69) is 5.32 Å². The molecule has 1 unspecified atom stereocenters. The van der Waals surface area contributed by atoms with Gasteiger partial charge in [0.25, 0.3) is 0 Å². The third-order valence-corrected chi connectivity index (χ3v) is 2.42. The first-order valence-corrected chi connectivity index (χ1v) is 5.47. The van der Waals surface area contributed by atoms with Crippen LogP contribution in [0.5, 0.6) is 0 Å². The van der Waals surface area contributed by atoms with Gasteiger partial charge in [0.2, 0.25) is 11.8 Å². The first-order chi connectivity index (χ1) is 8.54. The number of nitrogens with two attached hydrogens (primary N) is 1. The highest BCUT2D eigenvalue weighted by atomic mass is 19.1. The molecular weight excluding hydrogens is 239 g/mol. The van der Waals surface area contributed by atoms with E-state index < -0.39 is 17.7 Å². The molecular formula is C12H15FN2O3. The number of nitrogens with one attached hydrogen (secondary N) is 1. The number of carbonyl (C=O) groups is 2. The molecule has 4 N–H and O–H groups in total. The van der Waals surface area contributed by atoms with Crippen LogP contribution in [-0.2, 0) is 16.0 Å². The van der Waals surface area contributed by atoms with Crippen LogP contribution in [-0.4, -0.2) is 30.1 Å². The number of halogens is 1. The molecule has 5 nitrogen and oxygen atoms in total. The molecule has 0 fully saturated rings. The van der Waals surface area contributed by atoms with E-state index in [1.165, 1.54) is 24.3 Å². The Kier molecular flexibility index (Phi) is 5.26. The number of aliphatic hydroxyl groups is 1. The summed E-state index contributed by atoms with van der Waals surface area (Å²) in [5.41, 5.74) is 5.79. The summed E-state index contributed by atoms with van der Waals surface area (Å²) in [5.74, 6) is -2.71. The van der Waals surface area contributed by atoms with Crippen LogP contribution in [0.2, 0.25) is 0 Å². The van der Waals surface area contributed by atoms with Crippen LogP contribution < -0.4 is 11.1 Å². The van der Waals surface area contributed by atoms with Gasteiger partial charge in [-0.3, -0.25) is 9.59 Å². The summed E-state index contributed by atoms with van der Waals surface area (Å²) >= 11 is 0. The lowest BCUT2D eigenvalue weighted by molar-refractivity contribution is -0.133. The Hall–Kier alpha value is -1.95. The van der Waals surface area contributed by atoms with Crippen LogP contribution in [0.15, 0.2) is 24.3 Å². The van der Waals surface area contributed by atoms with E-state index in [0.29, 0.717) is 5.56 Å². The summed E-state index contributed by atoms with van der Waals surface area (Å²) in [5, 5.41) is 11.0. The van der Waals surface area contributed by atoms with Gasteiger partial charge in [0, 0.05) is 6.54 Å². The summed E-state index contributed by atoms with van der Waals surface area (Å²) in [6.07, 6.45) is 0.104. The van der Waals surface area contributed by atoms with Crippen LogP contribution in [0.1, 0.15) is 5.56 Å². The zero-order valence-electron chi connectivity index (χ0n) is 9.73. The van der Waals surface area contributed by atoms with E-state index in [4.69, 9.17) is 10.8 Å². The second-order valence-electron chi connectivity index (χ2n) is 3.80. The van der Waals surface area contributed by atoms with Crippen molar-refractivity contribution in [2.24, 2.45) is 11.7 Å². The maximum atomic E-state index is 12.7. The van der Waals surface area contributed by atoms with Crippen molar-refractivity contribution >= 4 is 11.8 Å². The molecule has 0 aliphatic rings. The Bertz CT molecular complexity index is 420. The first-order valence-electron chi connectivity index (χ1n) is 5.47. The van der Waals surface area contributed by atoms with Crippen molar-refractivity contribution in [1.82, 2.24) is 5.32 Å². The molecule has 18 heavy (non-hydrogen) atoms. The van der Waals surface area contributed by atoms with Gasteiger partial charge >= 0.3 is 0 Å². The van der Waals surface area contributed by atoms with Crippen LogP contribution in [0.4, 0.5) is 4.39 Å². The Labute approximate surface area is 104 Å². The molecule has 0 saturated carbocycles. The number of hydrogen-bond donors (Lipinski definition) is 3. The molecule has 1 aromatic rings. The van der Waals surface area contributed by atoms with Crippen LogP contribution in [0.25, 0.3) is 0 Å². The molecule has 0 aliphatic carbocycles. The Balaban J connectivity index is 2.71. The van der Waals surface area contributed by atoms with Gasteiger partial charge in [0.1, 0.15) is 11.7 Å². The van der Waals surface area contributed by atoms with Gasteiger partial charge in [-0.1, -0.05) is 12.1 Å². The highest BCUT2D eigenvalue weighted by molar-refractivity contribution is 5.99. The van der Waals surface area contributed by atoms with E-state index >= 15 is 0 Å². The molecule has 0 heterocycles. The molecule has 0 spiro atoms. The summed E-state index contributed by atoms with van der Waals surface area (Å²) in [7, 11) is 0. The summed E-state index contributed by atoms with van der Waals surface area (Å²) < 4.78 is 12.7. The minimum Gasteiger partial charge on any atom is -0.395 e. The molecule has 0 radical (unpaired) electrons. The van der Waals surface area contributed by atoms with Gasteiger partial charge in [0.05, 0.1) is 6.61 Å². The number of amides is 2. The standard InChI is InChI=1S/C12H15FN2O3/c13-9-3-1-8(2-4-9)7-10(11(14)17)12(18)15-5-6-16/h1-4,10,16H,5-7H2,(H2,14,17)(H,15,18). The van der Waals surface area contributed by atoms with E-state index in [0.717, 1.165) is 0 Å². The van der Waals surface area contributed by atoms with Crippen LogP contribution in [0.3, 0.4) is 0 Å². The topological polar surface area (TPSA) is 92.4 Å². The fourth-order valence-electron chi connectivity index (χ4n) is 1.48. The lowest BCUT2D eigenvalue weighted by Crippen LogP contribution is -2.41. The highest BCUT2D eigenvalue weighted by Crippen LogP contribution is 2.10. The van der Waals surface area contributed by atoms with E-state index in [1.807, 2.05) is 0 Å². The number of primary amides is 1. The minimum absolute atomic E-state index is 0.0615. The molecule has 0 aromatic heterocycles. The van der Waals surface area contributed by atoms with Gasteiger partial charge in [-0.05, 0) is 24.1 Å². The largest absolute Gasteiger partial charge is 0.395 e. The van der Waals surface area contributed by atoms with Crippen molar-refractivity contribution in [2.75, 3.05) is 13.2 Å². The fraction of sp³-hybridized carbons (Fsp3) is 0.333. The van der Waals surface area contributed by atoms with Gasteiger partial charge in [0.15, 0.2) is 0 Å². The summed E-state index contributed by atoms with van der Waals surface area (Å²) in [6.45, 7) is -0.153. The monoisotopic (exact) mass is 254 g/mol. The molecule has 0 bridgehead atoms. The normalized spacial score (nSPS) is 11.9. The third kappa shape index (κ3) is 4.14. The minimum atomic E-state index is -1.03. The Morgan fingerprint density at radius 1 is 1.33 bits per heavy atom. The molecule has 0 saturated heterocycles. The number of carbonyl (C=O) groups excluding carboxylic acids is 2. The second kappa shape index (κ2) is 6.70. The molecule has 1 rings (SSSR count). The lowest BCUT2D eigenvalue weighted by Gasteiger charge is -2.13. The average Bonchev–Trinajstić information content (AvgIpc) is 2.34. The molecule has 98 valence electrons. The van der Waals surface area contributed by atoms with Crippen molar-refractivity contribution in [3.05, 3.63) is 35.6 Å². The summed E-state index contributed by atoms with van der Waals surface area (Å²) in [6, 6.07) is 5.48. The van der Waals surface area contributed by atoms with Gasteiger partial charge < -0.3 is 16.2 Å². The Morgan fingerprint density at radius 2 is 1.94 bits per heavy atom. The number of aliphatic hydroxyl groups excluding tert-OH is 1. The first kappa shape index (κ1) is 14.1. The van der Waals surface area contributed by atoms with Gasteiger partial charge in [-0.15, -0.1) is 0 Å². The number of benzene rings is 1. The van der Waals surface area contributed by atoms with Crippen LogP contribution in [0, 0.1) is 11.7 Å². The Morgan fingerprint density at radius 3 is 2.44 bits per heavy atom. The summed E-state index contributed by atoms with van der Waals surface area (Å²) in [4.78, 5) is 22.8. The number of rotatable bonds is 6. The lowest BCUT2D eigenvalue weighted by atomic mass is 9.98. The van der Waals surface area contributed by atoms with Crippen LogP contribution >= 0.6 is 0 Å². The number of hydrogen-bond acceptors (Lipinski definition) is 3. The quantitative estimate of drug-likeness (QED) is 0.602. The van der Waals surface area contributed by atoms with E-state index in [1.54, 1.807) is 0 Å². The van der Waals surface area contributed by atoms with Crippen molar-refractivity contribution in [3.8, 4) is 0 Å². The third-order valence-electron chi connectivity index (χ3n) is 2.42. The zero-order chi connectivity index (χ0) is 13.5. The van der Waals surface area contributed by atoms with Crippen molar-refractivity contribution < 1.29 is 19.1 Å². The molecule has 2 amide bonds. The molecule has 0 aliphatic heterocycles. The smallest absolute Gasteiger partial charge is 0.232 e. The predicted molar refractivity (Wildman–Crippen MR) is 62.9 cm³/mol. The van der Waals surface area contributed by atoms with Crippen molar-refractivity contribution in [1.29, 1.82) is 0 Å². The fourth-order valence-corrected chi connectivity index (χ4v) is 1.48. The van der Waals surface area contributed by atoms with Crippen molar-refractivity contribution in [3.63, 3.8) is 0 Å². The van der Waals surface area contributed by atoms with Gasteiger partial charge in [-0.25, -0.2) is 4.39 Å². The zero-order valence-corrected chi connectivity index (χ0v) is 9.73. The maximum Gasteiger partial charge on any atom is 0.232 e. The van der Waals surface area contributed by atoms with E-state index in [-0.39, 0.29) is 25.4 Å². The second-order valence-corrected chi connectivity index (χ2v) is 3.80. The molecule has 1 atom stereocenters. The van der Waals surface area contributed by atoms with E-state index in [9.17, 15) is 14.0 Å². The molecule has 1 aromatic carbocycles. The maximum absolute atomic E-state index is 12.7. The highest BCUT2D eigenvalue weighted by Gasteiger charge is 2.24. The average molecular weight is 254 g/mol.